The van der Waals surface area contributed by atoms with Crippen molar-refractivity contribution >= 4 is 5.97 Å². The Morgan fingerprint density at radius 2 is 2.00 bits per heavy atom. The lowest BCUT2D eigenvalue weighted by molar-refractivity contribution is -0.142. The third-order valence-corrected chi connectivity index (χ3v) is 3.32. The van der Waals surface area contributed by atoms with Crippen molar-refractivity contribution in [3.05, 3.63) is 34.9 Å². The molecule has 3 nitrogen and oxygen atoms in total. The predicted molar refractivity (Wildman–Crippen MR) is 67.0 cm³/mol. The number of carbonyl (C=O) groups is 1. The van der Waals surface area contributed by atoms with Gasteiger partial charge in [0, 0.05) is 6.54 Å². The van der Waals surface area contributed by atoms with Crippen LogP contribution < -0.4 is 0 Å². The van der Waals surface area contributed by atoms with Gasteiger partial charge in [-0.05, 0) is 38.8 Å². The number of carboxylic acids is 1. The molecule has 0 aliphatic carbocycles. The van der Waals surface area contributed by atoms with Gasteiger partial charge < -0.3 is 5.11 Å². The fourth-order valence-corrected chi connectivity index (χ4v) is 2.69. The number of rotatable bonds is 3. The lowest BCUT2D eigenvalue weighted by Crippen LogP contribution is -2.35. The van der Waals surface area contributed by atoms with Gasteiger partial charge in [0.25, 0.3) is 0 Å². The SMILES string of the molecule is Cc1cc(C)cc(CN2CCC[C@H]2C(=O)O)c1. The maximum Gasteiger partial charge on any atom is 0.320 e. The molecule has 1 N–H and O–H groups in total. The van der Waals surface area contributed by atoms with Gasteiger partial charge in [-0.25, -0.2) is 0 Å². The zero-order valence-electron chi connectivity index (χ0n) is 10.4. The lowest BCUT2D eigenvalue weighted by atomic mass is 10.1. The summed E-state index contributed by atoms with van der Waals surface area (Å²) in [6.45, 7) is 5.80. The molecular formula is C14H19NO2. The molecule has 1 heterocycles. The standard InChI is InChI=1S/C14H19NO2/c1-10-6-11(2)8-12(7-10)9-15-5-3-4-13(15)14(16)17/h6-8,13H,3-5,9H2,1-2H3,(H,16,17)/t13-/m0/s1. The summed E-state index contributed by atoms with van der Waals surface area (Å²) >= 11 is 0. The Balaban J connectivity index is 2.12. The maximum atomic E-state index is 11.1. The highest BCUT2D eigenvalue weighted by Gasteiger charge is 2.30. The highest BCUT2D eigenvalue weighted by Crippen LogP contribution is 2.21. The second kappa shape index (κ2) is 4.88. The molecule has 1 saturated heterocycles. The van der Waals surface area contributed by atoms with Crippen molar-refractivity contribution in [2.45, 2.75) is 39.3 Å². The highest BCUT2D eigenvalue weighted by molar-refractivity contribution is 5.73. The van der Waals surface area contributed by atoms with Crippen LogP contribution in [0.1, 0.15) is 29.5 Å². The molecule has 0 spiro atoms. The first-order valence-electron chi connectivity index (χ1n) is 6.10. The average molecular weight is 233 g/mol. The second-order valence-electron chi connectivity index (χ2n) is 4.96. The summed E-state index contributed by atoms with van der Waals surface area (Å²) in [5.74, 6) is -0.688. The third kappa shape index (κ3) is 2.86. The fraction of sp³-hybridized carbons (Fsp3) is 0.500. The first kappa shape index (κ1) is 12.1. The molecular weight excluding hydrogens is 214 g/mol. The van der Waals surface area contributed by atoms with Gasteiger partial charge in [0.15, 0.2) is 0 Å². The van der Waals surface area contributed by atoms with Crippen LogP contribution in [0.4, 0.5) is 0 Å². The molecule has 1 aromatic carbocycles. The minimum atomic E-state index is -0.688. The van der Waals surface area contributed by atoms with Crippen LogP contribution in [0.15, 0.2) is 18.2 Å². The van der Waals surface area contributed by atoms with Crippen LogP contribution in [0.25, 0.3) is 0 Å². The largest absolute Gasteiger partial charge is 0.480 e. The van der Waals surface area contributed by atoms with Crippen molar-refractivity contribution in [1.82, 2.24) is 4.90 Å². The molecule has 2 rings (SSSR count). The summed E-state index contributed by atoms with van der Waals surface area (Å²) in [4.78, 5) is 13.2. The van der Waals surface area contributed by atoms with E-state index in [0.29, 0.717) is 0 Å². The van der Waals surface area contributed by atoms with Gasteiger partial charge in [-0.1, -0.05) is 29.3 Å². The minimum Gasteiger partial charge on any atom is -0.480 e. The molecule has 1 aliphatic heterocycles. The van der Waals surface area contributed by atoms with E-state index in [4.69, 9.17) is 5.11 Å². The number of aryl methyl sites for hydroxylation is 2. The van der Waals surface area contributed by atoms with Gasteiger partial charge >= 0.3 is 5.97 Å². The van der Waals surface area contributed by atoms with E-state index in [9.17, 15) is 4.79 Å². The van der Waals surface area contributed by atoms with Crippen molar-refractivity contribution in [2.24, 2.45) is 0 Å². The summed E-state index contributed by atoms with van der Waals surface area (Å²) in [6, 6.07) is 6.13. The lowest BCUT2D eigenvalue weighted by Gasteiger charge is -2.21. The van der Waals surface area contributed by atoms with Crippen molar-refractivity contribution < 1.29 is 9.90 Å². The number of likely N-dealkylation sites (tertiary alicyclic amines) is 1. The first-order valence-corrected chi connectivity index (χ1v) is 6.10. The number of nitrogens with zero attached hydrogens (tertiary/aromatic N) is 1. The second-order valence-corrected chi connectivity index (χ2v) is 4.96. The molecule has 3 heteroatoms. The number of benzene rings is 1. The van der Waals surface area contributed by atoms with Gasteiger partial charge in [-0.3, -0.25) is 9.69 Å². The molecule has 1 aliphatic rings. The van der Waals surface area contributed by atoms with Crippen LogP contribution in [-0.4, -0.2) is 28.6 Å². The Kier molecular flexibility index (Phi) is 3.48. The van der Waals surface area contributed by atoms with Gasteiger partial charge in [0.05, 0.1) is 0 Å². The number of hydrogen-bond acceptors (Lipinski definition) is 2. The molecule has 92 valence electrons. The van der Waals surface area contributed by atoms with Crippen LogP contribution in [0.3, 0.4) is 0 Å². The maximum absolute atomic E-state index is 11.1. The number of aliphatic carboxylic acids is 1. The Hall–Kier alpha value is -1.35. The van der Waals surface area contributed by atoms with E-state index in [1.807, 2.05) is 0 Å². The molecule has 0 radical (unpaired) electrons. The van der Waals surface area contributed by atoms with E-state index in [-0.39, 0.29) is 6.04 Å². The molecule has 0 bridgehead atoms. The average Bonchev–Trinajstić information content (AvgIpc) is 2.63. The number of hydrogen-bond donors (Lipinski definition) is 1. The summed E-state index contributed by atoms with van der Waals surface area (Å²) in [6.07, 6.45) is 1.77. The van der Waals surface area contributed by atoms with Gasteiger partial charge in [0.2, 0.25) is 0 Å². The monoisotopic (exact) mass is 233 g/mol. The van der Waals surface area contributed by atoms with Crippen molar-refractivity contribution in [3.8, 4) is 0 Å². The molecule has 0 unspecified atom stereocenters. The quantitative estimate of drug-likeness (QED) is 0.871. The fourth-order valence-electron chi connectivity index (χ4n) is 2.69. The van der Waals surface area contributed by atoms with Gasteiger partial charge in [-0.15, -0.1) is 0 Å². The zero-order chi connectivity index (χ0) is 12.4. The van der Waals surface area contributed by atoms with E-state index < -0.39 is 5.97 Å². The Labute approximate surface area is 102 Å². The molecule has 0 amide bonds. The normalized spacial score (nSPS) is 20.7. The highest BCUT2D eigenvalue weighted by atomic mass is 16.4. The topological polar surface area (TPSA) is 40.5 Å². The van der Waals surface area contributed by atoms with Crippen LogP contribution in [0, 0.1) is 13.8 Å². The Morgan fingerprint density at radius 3 is 2.59 bits per heavy atom. The minimum absolute atomic E-state index is 0.296. The van der Waals surface area contributed by atoms with E-state index in [1.165, 1.54) is 16.7 Å². The molecule has 0 saturated carbocycles. The predicted octanol–water partition coefficient (Wildman–Crippen LogP) is 2.35. The molecule has 17 heavy (non-hydrogen) atoms. The van der Waals surface area contributed by atoms with Gasteiger partial charge in [0.1, 0.15) is 6.04 Å². The van der Waals surface area contributed by atoms with Crippen LogP contribution in [0.5, 0.6) is 0 Å². The van der Waals surface area contributed by atoms with Crippen LogP contribution >= 0.6 is 0 Å². The van der Waals surface area contributed by atoms with E-state index >= 15 is 0 Å². The van der Waals surface area contributed by atoms with Crippen molar-refractivity contribution in [3.63, 3.8) is 0 Å². The molecule has 1 aromatic rings. The van der Waals surface area contributed by atoms with Crippen LogP contribution in [-0.2, 0) is 11.3 Å². The van der Waals surface area contributed by atoms with E-state index in [2.05, 4.69) is 36.9 Å². The third-order valence-electron chi connectivity index (χ3n) is 3.32. The Morgan fingerprint density at radius 1 is 1.35 bits per heavy atom. The Bertz CT molecular complexity index is 408. The van der Waals surface area contributed by atoms with Gasteiger partial charge in [-0.2, -0.15) is 0 Å². The smallest absolute Gasteiger partial charge is 0.320 e. The number of carboxylic acid groups (broad SMARTS) is 1. The van der Waals surface area contributed by atoms with Crippen LogP contribution in [0.2, 0.25) is 0 Å². The molecule has 0 aromatic heterocycles. The summed E-state index contributed by atoms with van der Waals surface area (Å²) < 4.78 is 0. The first-order chi connectivity index (χ1) is 8.06. The zero-order valence-corrected chi connectivity index (χ0v) is 10.4. The van der Waals surface area contributed by atoms with E-state index in [0.717, 1.165) is 25.9 Å². The molecule has 1 atom stereocenters. The van der Waals surface area contributed by atoms with Crippen molar-refractivity contribution in [1.29, 1.82) is 0 Å². The summed E-state index contributed by atoms with van der Waals surface area (Å²) in [5, 5.41) is 9.13. The summed E-state index contributed by atoms with van der Waals surface area (Å²) in [7, 11) is 0. The summed E-state index contributed by atoms with van der Waals surface area (Å²) in [5.41, 5.74) is 3.70. The van der Waals surface area contributed by atoms with Crippen molar-refractivity contribution in [2.75, 3.05) is 6.54 Å². The van der Waals surface area contributed by atoms with E-state index in [1.54, 1.807) is 0 Å². The molecule has 1 fully saturated rings.